The van der Waals surface area contributed by atoms with Crippen molar-refractivity contribution in [3.63, 3.8) is 0 Å². The van der Waals surface area contributed by atoms with Crippen LogP contribution in [0.15, 0.2) is 17.1 Å². The molecular weight excluding hydrogens is 272 g/mol. The van der Waals surface area contributed by atoms with Crippen molar-refractivity contribution in [2.24, 2.45) is 0 Å². The lowest BCUT2D eigenvalue weighted by Gasteiger charge is -2.23. The maximum atomic E-state index is 11.7. The van der Waals surface area contributed by atoms with Crippen molar-refractivity contribution in [2.75, 3.05) is 13.6 Å². The maximum absolute atomic E-state index is 11.7. The zero-order valence-corrected chi connectivity index (χ0v) is 12.3. The lowest BCUT2D eigenvalue weighted by molar-refractivity contribution is -0.137. The molecule has 2 rings (SSSR count). The molecule has 1 heterocycles. The van der Waals surface area contributed by atoms with Crippen LogP contribution in [-0.4, -0.2) is 39.2 Å². The molecular formula is C15H22N2O4. The molecule has 1 aliphatic carbocycles. The topological polar surface area (TPSA) is 82.8 Å². The van der Waals surface area contributed by atoms with Crippen molar-refractivity contribution in [1.82, 2.24) is 9.47 Å². The largest absolute Gasteiger partial charge is 0.503 e. The maximum Gasteiger partial charge on any atom is 0.304 e. The number of aliphatic carboxylic acids is 1. The Labute approximate surface area is 123 Å². The first kappa shape index (κ1) is 15.6. The minimum absolute atomic E-state index is 0.0717. The molecule has 1 saturated carbocycles. The van der Waals surface area contributed by atoms with Crippen LogP contribution in [0.4, 0.5) is 0 Å². The van der Waals surface area contributed by atoms with Gasteiger partial charge in [-0.2, -0.15) is 0 Å². The monoisotopic (exact) mass is 294 g/mol. The molecule has 0 radical (unpaired) electrons. The van der Waals surface area contributed by atoms with Crippen LogP contribution in [0.25, 0.3) is 0 Å². The highest BCUT2D eigenvalue weighted by Crippen LogP contribution is 2.31. The Morgan fingerprint density at radius 2 is 2.10 bits per heavy atom. The van der Waals surface area contributed by atoms with Crippen LogP contribution < -0.4 is 5.43 Å². The van der Waals surface area contributed by atoms with Crippen molar-refractivity contribution in [2.45, 2.75) is 44.7 Å². The fourth-order valence-corrected chi connectivity index (χ4v) is 2.87. The number of aromatic hydroxyl groups is 1. The van der Waals surface area contributed by atoms with E-state index in [4.69, 9.17) is 5.11 Å². The van der Waals surface area contributed by atoms with Gasteiger partial charge in [-0.15, -0.1) is 0 Å². The van der Waals surface area contributed by atoms with Crippen LogP contribution >= 0.6 is 0 Å². The third-order valence-corrected chi connectivity index (χ3v) is 4.00. The first-order valence-corrected chi connectivity index (χ1v) is 7.31. The molecule has 1 aromatic rings. The molecule has 0 amide bonds. The second-order valence-electron chi connectivity index (χ2n) is 5.74. The van der Waals surface area contributed by atoms with Gasteiger partial charge < -0.3 is 19.7 Å². The quantitative estimate of drug-likeness (QED) is 0.832. The molecule has 0 saturated heterocycles. The molecule has 0 bridgehead atoms. The molecule has 0 atom stereocenters. The number of aromatic nitrogens is 1. The molecule has 2 N–H and O–H groups in total. The van der Waals surface area contributed by atoms with E-state index in [0.29, 0.717) is 19.1 Å². The van der Waals surface area contributed by atoms with Crippen molar-refractivity contribution >= 4 is 5.97 Å². The molecule has 1 fully saturated rings. The Bertz CT molecular complexity index is 561. The van der Waals surface area contributed by atoms with Gasteiger partial charge in [-0.1, -0.05) is 12.8 Å². The lowest BCUT2D eigenvalue weighted by Crippen LogP contribution is -2.25. The smallest absolute Gasteiger partial charge is 0.304 e. The third-order valence-electron chi connectivity index (χ3n) is 4.00. The highest BCUT2D eigenvalue weighted by molar-refractivity contribution is 5.66. The van der Waals surface area contributed by atoms with E-state index in [1.54, 1.807) is 0 Å². The molecule has 0 unspecified atom stereocenters. The van der Waals surface area contributed by atoms with Gasteiger partial charge in [0, 0.05) is 30.9 Å². The van der Waals surface area contributed by atoms with E-state index in [-0.39, 0.29) is 17.6 Å². The Morgan fingerprint density at radius 1 is 1.43 bits per heavy atom. The number of hydrogen-bond donors (Lipinski definition) is 2. The predicted octanol–water partition coefficient (Wildman–Crippen LogP) is 1.58. The van der Waals surface area contributed by atoms with Gasteiger partial charge in [-0.3, -0.25) is 9.59 Å². The van der Waals surface area contributed by atoms with Crippen molar-refractivity contribution in [1.29, 1.82) is 0 Å². The Hall–Kier alpha value is -1.82. The molecule has 1 aromatic heterocycles. The number of rotatable bonds is 6. The van der Waals surface area contributed by atoms with Crippen LogP contribution in [0.2, 0.25) is 0 Å². The molecule has 6 heteroatoms. The zero-order chi connectivity index (χ0) is 15.4. The van der Waals surface area contributed by atoms with E-state index in [1.165, 1.54) is 12.3 Å². The first-order chi connectivity index (χ1) is 9.97. The second-order valence-corrected chi connectivity index (χ2v) is 5.74. The molecule has 21 heavy (non-hydrogen) atoms. The van der Waals surface area contributed by atoms with E-state index < -0.39 is 5.97 Å². The van der Waals surface area contributed by atoms with Crippen molar-refractivity contribution < 1.29 is 15.0 Å². The van der Waals surface area contributed by atoms with E-state index in [1.807, 2.05) is 16.5 Å². The summed E-state index contributed by atoms with van der Waals surface area (Å²) in [6.07, 6.45) is 6.01. The number of carboxylic acids is 1. The van der Waals surface area contributed by atoms with Crippen molar-refractivity contribution in [3.05, 3.63) is 28.2 Å². The van der Waals surface area contributed by atoms with Gasteiger partial charge >= 0.3 is 5.97 Å². The molecule has 0 aliphatic heterocycles. The van der Waals surface area contributed by atoms with Gasteiger partial charge in [0.25, 0.3) is 0 Å². The number of nitrogens with zero attached hydrogens (tertiary/aromatic N) is 2. The van der Waals surface area contributed by atoms with E-state index in [0.717, 1.165) is 31.4 Å². The first-order valence-electron chi connectivity index (χ1n) is 7.31. The number of pyridine rings is 1. The summed E-state index contributed by atoms with van der Waals surface area (Å²) in [5.41, 5.74) is 0.448. The molecule has 0 spiro atoms. The Kier molecular flexibility index (Phi) is 5.01. The van der Waals surface area contributed by atoms with Gasteiger partial charge in [-0.05, 0) is 19.9 Å². The second kappa shape index (κ2) is 6.76. The van der Waals surface area contributed by atoms with Gasteiger partial charge in [0.2, 0.25) is 5.43 Å². The van der Waals surface area contributed by atoms with Gasteiger partial charge in [-0.25, -0.2) is 0 Å². The standard InChI is InChI=1S/C15H22N2O4/c1-16(7-6-15(20)21)9-12-8-13(18)14(19)10-17(12)11-4-2-3-5-11/h8,10-11,19H,2-7,9H2,1H3,(H,20,21). The summed E-state index contributed by atoms with van der Waals surface area (Å²) in [6, 6.07) is 1.78. The number of carboxylic acid groups (broad SMARTS) is 1. The minimum Gasteiger partial charge on any atom is -0.503 e. The minimum atomic E-state index is -0.833. The van der Waals surface area contributed by atoms with Crippen LogP contribution in [0.3, 0.4) is 0 Å². The average molecular weight is 294 g/mol. The third kappa shape index (κ3) is 4.07. The highest BCUT2D eigenvalue weighted by Gasteiger charge is 2.20. The van der Waals surface area contributed by atoms with Crippen LogP contribution in [0, 0.1) is 0 Å². The summed E-state index contributed by atoms with van der Waals surface area (Å²) in [5.74, 6) is -1.06. The number of carbonyl (C=O) groups is 1. The fourth-order valence-electron chi connectivity index (χ4n) is 2.87. The summed E-state index contributed by atoms with van der Waals surface area (Å²) < 4.78 is 1.99. The highest BCUT2D eigenvalue weighted by atomic mass is 16.4. The Morgan fingerprint density at radius 3 is 2.71 bits per heavy atom. The number of hydrogen-bond acceptors (Lipinski definition) is 4. The van der Waals surface area contributed by atoms with Gasteiger partial charge in [0.1, 0.15) is 0 Å². The predicted molar refractivity (Wildman–Crippen MR) is 78.5 cm³/mol. The van der Waals surface area contributed by atoms with Crippen LogP contribution in [-0.2, 0) is 11.3 Å². The normalized spacial score (nSPS) is 15.7. The summed E-state index contributed by atoms with van der Waals surface area (Å²) >= 11 is 0. The summed E-state index contributed by atoms with van der Waals surface area (Å²) in [7, 11) is 1.83. The SMILES string of the molecule is CN(CCC(=O)O)Cc1cc(=O)c(O)cn1C1CCCC1. The lowest BCUT2D eigenvalue weighted by atomic mass is 10.2. The zero-order valence-electron chi connectivity index (χ0n) is 12.3. The molecule has 0 aromatic carbocycles. The summed E-state index contributed by atoms with van der Waals surface area (Å²) in [4.78, 5) is 24.2. The summed E-state index contributed by atoms with van der Waals surface area (Å²) in [6.45, 7) is 0.925. The van der Waals surface area contributed by atoms with Crippen molar-refractivity contribution in [3.8, 4) is 5.75 Å². The Balaban J connectivity index is 2.18. The molecule has 116 valence electrons. The van der Waals surface area contributed by atoms with Gasteiger partial charge in [0.15, 0.2) is 5.75 Å². The molecule has 1 aliphatic rings. The van der Waals surface area contributed by atoms with Gasteiger partial charge in [0.05, 0.1) is 12.6 Å². The molecule has 6 nitrogen and oxygen atoms in total. The van der Waals surface area contributed by atoms with E-state index in [2.05, 4.69) is 0 Å². The van der Waals surface area contributed by atoms with Crippen LogP contribution in [0.5, 0.6) is 5.75 Å². The summed E-state index contributed by atoms with van der Waals surface area (Å²) in [5, 5.41) is 18.4. The average Bonchev–Trinajstić information content (AvgIpc) is 2.94. The van der Waals surface area contributed by atoms with E-state index in [9.17, 15) is 14.7 Å². The fraction of sp³-hybridized carbons (Fsp3) is 0.600. The van der Waals surface area contributed by atoms with E-state index >= 15 is 0 Å². The van der Waals surface area contributed by atoms with Crippen LogP contribution in [0.1, 0.15) is 43.8 Å².